The van der Waals surface area contributed by atoms with Crippen LogP contribution in [-0.2, 0) is 5.88 Å². The van der Waals surface area contributed by atoms with Crippen LogP contribution in [0.5, 0.6) is 0 Å². The molecular weight excluding hydrogens is 234 g/mol. The number of halogens is 1. The number of rotatable bonds is 3. The van der Waals surface area contributed by atoms with Crippen LogP contribution in [0, 0.1) is 5.92 Å². The molecule has 0 saturated heterocycles. The summed E-state index contributed by atoms with van der Waals surface area (Å²) in [5.74, 6) is 2.26. The van der Waals surface area contributed by atoms with E-state index in [-0.39, 0.29) is 0 Å². The average Bonchev–Trinajstić information content (AvgIpc) is 2.39. The van der Waals surface area contributed by atoms with Crippen molar-refractivity contribution in [3.8, 4) is 0 Å². The van der Waals surface area contributed by atoms with E-state index in [4.69, 9.17) is 11.6 Å². The van der Waals surface area contributed by atoms with Gasteiger partial charge in [0.1, 0.15) is 0 Å². The number of anilines is 1. The Kier molecular flexibility index (Phi) is 4.21. The lowest BCUT2D eigenvalue weighted by Crippen LogP contribution is -2.35. The Hall–Kier alpha value is -0.830. The minimum atomic E-state index is 0.429. The second-order valence-electron chi connectivity index (χ2n) is 5.04. The maximum absolute atomic E-state index is 5.71. The lowest BCUT2D eigenvalue weighted by atomic mass is 9.87. The van der Waals surface area contributed by atoms with E-state index < -0.39 is 0 Å². The van der Waals surface area contributed by atoms with Gasteiger partial charge in [0.2, 0.25) is 0 Å². The van der Waals surface area contributed by atoms with Gasteiger partial charge >= 0.3 is 0 Å². The van der Waals surface area contributed by atoms with Gasteiger partial charge < -0.3 is 4.90 Å². The molecule has 1 saturated carbocycles. The molecule has 0 aliphatic heterocycles. The normalized spacial score (nSPS) is 24.6. The summed E-state index contributed by atoms with van der Waals surface area (Å²) < 4.78 is 0. The molecule has 0 radical (unpaired) electrons. The van der Waals surface area contributed by atoms with Gasteiger partial charge in [-0.15, -0.1) is 16.7 Å². The second kappa shape index (κ2) is 5.67. The Bertz CT molecular complexity index is 344. The zero-order chi connectivity index (χ0) is 12.3. The Labute approximate surface area is 108 Å². The Morgan fingerprint density at radius 1 is 1.24 bits per heavy atom. The fraction of sp³-hybridized carbons (Fsp3) is 0.692. The first-order chi connectivity index (χ1) is 8.20. The minimum absolute atomic E-state index is 0.429. The largest absolute Gasteiger partial charge is 0.355 e. The monoisotopic (exact) mass is 253 g/mol. The number of aromatic nitrogens is 2. The molecule has 1 fully saturated rings. The zero-order valence-electron chi connectivity index (χ0n) is 10.6. The third-order valence-electron chi connectivity index (χ3n) is 3.74. The molecule has 1 aliphatic rings. The molecule has 1 aliphatic carbocycles. The van der Waals surface area contributed by atoms with Gasteiger partial charge in [0.15, 0.2) is 5.82 Å². The summed E-state index contributed by atoms with van der Waals surface area (Å²) in [6.45, 7) is 2.34. The molecule has 0 bridgehead atoms. The molecule has 0 atom stereocenters. The van der Waals surface area contributed by atoms with Gasteiger partial charge in [0.05, 0.1) is 11.6 Å². The number of alkyl halides is 1. The molecule has 17 heavy (non-hydrogen) atoms. The maximum atomic E-state index is 5.71. The van der Waals surface area contributed by atoms with Crippen molar-refractivity contribution in [1.29, 1.82) is 0 Å². The van der Waals surface area contributed by atoms with E-state index in [0.717, 1.165) is 17.4 Å². The van der Waals surface area contributed by atoms with Crippen LogP contribution in [0.25, 0.3) is 0 Å². The summed E-state index contributed by atoms with van der Waals surface area (Å²) in [5.41, 5.74) is 0.834. The van der Waals surface area contributed by atoms with Crippen molar-refractivity contribution in [2.24, 2.45) is 5.92 Å². The quantitative estimate of drug-likeness (QED) is 0.775. The van der Waals surface area contributed by atoms with Crippen LogP contribution in [-0.4, -0.2) is 23.3 Å². The number of hydrogen-bond donors (Lipinski definition) is 0. The highest BCUT2D eigenvalue weighted by Crippen LogP contribution is 2.28. The lowest BCUT2D eigenvalue weighted by molar-refractivity contribution is 0.339. The molecular formula is C13H20ClN3. The van der Waals surface area contributed by atoms with Crippen molar-refractivity contribution in [2.45, 2.75) is 44.5 Å². The van der Waals surface area contributed by atoms with Crippen LogP contribution in [0.4, 0.5) is 5.82 Å². The Balaban J connectivity index is 2.00. The molecule has 0 amide bonds. The van der Waals surface area contributed by atoms with Gasteiger partial charge in [0, 0.05) is 13.1 Å². The lowest BCUT2D eigenvalue weighted by Gasteiger charge is -2.34. The summed E-state index contributed by atoms with van der Waals surface area (Å²) in [5, 5.41) is 8.34. The maximum Gasteiger partial charge on any atom is 0.151 e. The third kappa shape index (κ3) is 3.09. The van der Waals surface area contributed by atoms with Gasteiger partial charge in [-0.3, -0.25) is 0 Å². The van der Waals surface area contributed by atoms with Crippen molar-refractivity contribution in [1.82, 2.24) is 10.2 Å². The third-order valence-corrected chi connectivity index (χ3v) is 4.01. The fourth-order valence-electron chi connectivity index (χ4n) is 2.43. The predicted molar refractivity (Wildman–Crippen MR) is 71.4 cm³/mol. The highest BCUT2D eigenvalue weighted by atomic mass is 35.5. The smallest absolute Gasteiger partial charge is 0.151 e. The van der Waals surface area contributed by atoms with E-state index >= 15 is 0 Å². The van der Waals surface area contributed by atoms with E-state index in [1.807, 2.05) is 12.1 Å². The molecule has 0 unspecified atom stereocenters. The summed E-state index contributed by atoms with van der Waals surface area (Å²) in [7, 11) is 2.12. The highest BCUT2D eigenvalue weighted by Gasteiger charge is 2.22. The fourth-order valence-corrected chi connectivity index (χ4v) is 2.57. The molecule has 94 valence electrons. The van der Waals surface area contributed by atoms with Crippen LogP contribution in [0.1, 0.15) is 38.3 Å². The first-order valence-electron chi connectivity index (χ1n) is 6.32. The van der Waals surface area contributed by atoms with Gasteiger partial charge in [-0.05, 0) is 43.7 Å². The van der Waals surface area contributed by atoms with Gasteiger partial charge in [0.25, 0.3) is 0 Å². The molecule has 1 aromatic heterocycles. The van der Waals surface area contributed by atoms with E-state index in [2.05, 4.69) is 29.1 Å². The summed E-state index contributed by atoms with van der Waals surface area (Å²) in [6.07, 6.45) is 5.16. The first kappa shape index (κ1) is 12.6. The molecule has 4 heteroatoms. The van der Waals surface area contributed by atoms with Gasteiger partial charge in [-0.1, -0.05) is 6.92 Å². The SMILES string of the molecule is CC1CCC(N(C)c2ccc(CCl)nn2)CC1. The first-order valence-corrected chi connectivity index (χ1v) is 6.85. The molecule has 1 heterocycles. The van der Waals surface area contributed by atoms with Crippen LogP contribution in [0.3, 0.4) is 0 Å². The average molecular weight is 254 g/mol. The van der Waals surface area contributed by atoms with Gasteiger partial charge in [-0.2, -0.15) is 5.10 Å². The zero-order valence-corrected chi connectivity index (χ0v) is 11.3. The van der Waals surface area contributed by atoms with E-state index in [9.17, 15) is 0 Å². The van der Waals surface area contributed by atoms with E-state index in [1.54, 1.807) is 0 Å². The molecule has 1 aromatic rings. The molecule has 3 nitrogen and oxygen atoms in total. The van der Waals surface area contributed by atoms with Crippen LogP contribution in [0.15, 0.2) is 12.1 Å². The molecule has 0 spiro atoms. The molecule has 0 N–H and O–H groups in total. The Morgan fingerprint density at radius 2 is 1.94 bits per heavy atom. The number of nitrogens with zero attached hydrogens (tertiary/aromatic N) is 3. The summed E-state index contributed by atoms with van der Waals surface area (Å²) in [6, 6.07) is 4.59. The van der Waals surface area contributed by atoms with Crippen LogP contribution in [0.2, 0.25) is 0 Å². The summed E-state index contributed by atoms with van der Waals surface area (Å²) >= 11 is 5.71. The van der Waals surface area contributed by atoms with Crippen LogP contribution >= 0.6 is 11.6 Å². The van der Waals surface area contributed by atoms with Crippen LogP contribution < -0.4 is 4.90 Å². The van der Waals surface area contributed by atoms with Crippen molar-refractivity contribution in [2.75, 3.05) is 11.9 Å². The van der Waals surface area contributed by atoms with Crippen molar-refractivity contribution in [3.63, 3.8) is 0 Å². The standard InChI is InChI=1S/C13H20ClN3/c1-10-3-6-12(7-4-10)17(2)13-8-5-11(9-14)15-16-13/h5,8,10,12H,3-4,6-7,9H2,1-2H3. The summed E-state index contributed by atoms with van der Waals surface area (Å²) in [4.78, 5) is 2.26. The Morgan fingerprint density at radius 3 is 2.47 bits per heavy atom. The van der Waals surface area contributed by atoms with Crippen molar-refractivity contribution >= 4 is 17.4 Å². The topological polar surface area (TPSA) is 29.0 Å². The second-order valence-corrected chi connectivity index (χ2v) is 5.31. The minimum Gasteiger partial charge on any atom is -0.355 e. The van der Waals surface area contributed by atoms with Gasteiger partial charge in [-0.25, -0.2) is 0 Å². The number of hydrogen-bond acceptors (Lipinski definition) is 3. The van der Waals surface area contributed by atoms with Crippen molar-refractivity contribution in [3.05, 3.63) is 17.8 Å². The van der Waals surface area contributed by atoms with E-state index in [1.165, 1.54) is 25.7 Å². The molecule has 0 aromatic carbocycles. The van der Waals surface area contributed by atoms with E-state index in [0.29, 0.717) is 11.9 Å². The predicted octanol–water partition coefficient (Wildman–Crippen LogP) is 3.23. The highest BCUT2D eigenvalue weighted by molar-refractivity contribution is 6.16. The molecule has 2 rings (SSSR count). The van der Waals surface area contributed by atoms with Crippen molar-refractivity contribution < 1.29 is 0 Å².